The Balaban J connectivity index is 1.50. The van der Waals surface area contributed by atoms with E-state index >= 15 is 0 Å². The molecular weight excluding hydrogens is 436 g/mol. The highest BCUT2D eigenvalue weighted by atomic mass is 16.6. The third-order valence-electron chi connectivity index (χ3n) is 6.11. The highest BCUT2D eigenvalue weighted by molar-refractivity contribution is 5.68. The summed E-state index contributed by atoms with van der Waals surface area (Å²) < 4.78 is 24.8. The normalized spacial score (nSPS) is 18.7. The first kappa shape index (κ1) is 24.3. The molecule has 34 heavy (non-hydrogen) atoms. The van der Waals surface area contributed by atoms with Crippen molar-refractivity contribution >= 4 is 6.09 Å². The Morgan fingerprint density at radius 1 is 1.24 bits per heavy atom. The second-order valence-corrected chi connectivity index (χ2v) is 10.0. The minimum absolute atomic E-state index is 0.231. The van der Waals surface area contributed by atoms with Crippen molar-refractivity contribution in [3.63, 3.8) is 0 Å². The summed E-state index contributed by atoms with van der Waals surface area (Å²) in [7, 11) is 1.62. The maximum absolute atomic E-state index is 12.5. The van der Waals surface area contributed by atoms with Gasteiger partial charge in [0.05, 0.1) is 44.5 Å². The average molecular weight is 473 g/mol. The second-order valence-electron chi connectivity index (χ2n) is 10.0. The summed E-state index contributed by atoms with van der Waals surface area (Å²) in [4.78, 5) is 18.7. The Hall–Kier alpha value is -2.81. The van der Waals surface area contributed by atoms with Gasteiger partial charge in [-0.25, -0.2) is 14.5 Å². The maximum atomic E-state index is 12.5. The molecule has 1 fully saturated rings. The summed E-state index contributed by atoms with van der Waals surface area (Å²) in [6.07, 6.45) is 4.97. The number of rotatable bonds is 5. The molecule has 0 aliphatic carbocycles. The Morgan fingerprint density at radius 3 is 2.76 bits per heavy atom. The lowest BCUT2D eigenvalue weighted by Gasteiger charge is -2.33. The molecule has 2 aliphatic rings. The zero-order valence-electron chi connectivity index (χ0n) is 20.9. The van der Waals surface area contributed by atoms with Crippen LogP contribution in [0.4, 0.5) is 4.79 Å². The number of methoxy groups -OCH3 is 1. The number of aryl methyl sites for hydroxylation is 1. The zero-order valence-corrected chi connectivity index (χ0v) is 20.9. The quantitative estimate of drug-likeness (QED) is 0.655. The van der Waals surface area contributed by atoms with Crippen molar-refractivity contribution in [1.82, 2.24) is 19.7 Å². The van der Waals surface area contributed by atoms with Gasteiger partial charge in [0.25, 0.3) is 0 Å². The van der Waals surface area contributed by atoms with Gasteiger partial charge in [0.1, 0.15) is 5.60 Å². The molecule has 0 N–H and O–H groups in total. The molecule has 2 aromatic rings. The van der Waals surface area contributed by atoms with E-state index in [1.807, 2.05) is 38.4 Å². The van der Waals surface area contributed by atoms with Crippen LogP contribution >= 0.6 is 0 Å². The number of likely N-dealkylation sites (tertiary alicyclic amines) is 1. The van der Waals surface area contributed by atoms with Crippen LogP contribution in [0.5, 0.6) is 11.8 Å². The van der Waals surface area contributed by atoms with Gasteiger partial charge in [-0.2, -0.15) is 0 Å². The third kappa shape index (κ3) is 5.63. The summed E-state index contributed by atoms with van der Waals surface area (Å²) in [5.74, 6) is 1.48. The van der Waals surface area contributed by atoms with Gasteiger partial charge >= 0.3 is 6.09 Å². The van der Waals surface area contributed by atoms with Crippen LogP contribution in [0.15, 0.2) is 12.3 Å². The topological polar surface area (TPSA) is 87.9 Å². The van der Waals surface area contributed by atoms with Gasteiger partial charge < -0.3 is 23.8 Å². The predicted molar refractivity (Wildman–Crippen MR) is 127 cm³/mol. The van der Waals surface area contributed by atoms with Crippen LogP contribution in [0.3, 0.4) is 0 Å². The molecule has 0 radical (unpaired) electrons. The fourth-order valence-electron chi connectivity index (χ4n) is 4.51. The summed E-state index contributed by atoms with van der Waals surface area (Å²) in [5, 5.41) is 4.84. The molecular formula is C25H36N4O5. The summed E-state index contributed by atoms with van der Waals surface area (Å²) in [6.45, 7) is 10.8. The highest BCUT2D eigenvalue weighted by Gasteiger charge is 2.29. The van der Waals surface area contributed by atoms with Gasteiger partial charge in [0, 0.05) is 43.0 Å². The minimum Gasteiger partial charge on any atom is -0.481 e. The van der Waals surface area contributed by atoms with E-state index in [1.165, 1.54) is 0 Å². The highest BCUT2D eigenvalue weighted by Crippen LogP contribution is 2.30. The molecule has 0 saturated carbocycles. The van der Waals surface area contributed by atoms with E-state index < -0.39 is 5.60 Å². The lowest BCUT2D eigenvalue weighted by Crippen LogP contribution is -2.44. The van der Waals surface area contributed by atoms with Gasteiger partial charge in [-0.3, -0.25) is 0 Å². The fourth-order valence-corrected chi connectivity index (χ4v) is 4.51. The molecule has 4 heterocycles. The van der Waals surface area contributed by atoms with E-state index in [-0.39, 0.29) is 12.0 Å². The average Bonchev–Trinajstić information content (AvgIpc) is 2.96. The number of hydrogen-bond acceptors (Lipinski definition) is 7. The number of amides is 1. The van der Waals surface area contributed by atoms with Crippen LogP contribution < -0.4 is 9.47 Å². The number of aromatic nitrogens is 3. The lowest BCUT2D eigenvalue weighted by molar-refractivity contribution is 0.0137. The van der Waals surface area contributed by atoms with Crippen LogP contribution in [0.25, 0.3) is 5.69 Å². The Bertz CT molecular complexity index is 1010. The third-order valence-corrected chi connectivity index (χ3v) is 6.11. The smallest absolute Gasteiger partial charge is 0.410 e. The summed E-state index contributed by atoms with van der Waals surface area (Å²) in [6, 6.07) is 2.02. The van der Waals surface area contributed by atoms with Crippen molar-refractivity contribution < 1.29 is 23.7 Å². The van der Waals surface area contributed by atoms with E-state index in [9.17, 15) is 4.79 Å². The standard InChI is InChI=1S/C25H36N4O5/c1-17-13-19(14-26-22(17)31-5)29-21-9-12-32-11-8-20(21)23(27-29)33-16-18-7-6-10-28(15-18)24(30)34-25(2,3)4/h13-14,18H,6-12,15-16H2,1-5H3. The summed E-state index contributed by atoms with van der Waals surface area (Å²) >= 11 is 0. The SMILES string of the molecule is COc1ncc(-n2nc(OCC3CCCN(C(=O)OC(C)(C)C)C3)c3c2CCOCC3)cc1C. The van der Waals surface area contributed by atoms with Crippen LogP contribution in [0.1, 0.15) is 50.4 Å². The van der Waals surface area contributed by atoms with Gasteiger partial charge in [0.15, 0.2) is 0 Å². The number of carbonyl (C=O) groups excluding carboxylic acids is 1. The number of piperidine rings is 1. The maximum Gasteiger partial charge on any atom is 0.410 e. The Labute approximate surface area is 201 Å². The molecule has 2 aromatic heterocycles. The van der Waals surface area contributed by atoms with Crippen molar-refractivity contribution in [2.75, 3.05) is 40.0 Å². The molecule has 1 amide bonds. The molecule has 1 saturated heterocycles. The van der Waals surface area contributed by atoms with E-state index in [1.54, 1.807) is 18.2 Å². The van der Waals surface area contributed by atoms with Crippen LogP contribution in [0.2, 0.25) is 0 Å². The molecule has 2 aliphatic heterocycles. The van der Waals surface area contributed by atoms with Crippen molar-refractivity contribution in [2.45, 2.75) is 59.0 Å². The summed E-state index contributed by atoms with van der Waals surface area (Å²) in [5.41, 5.74) is 3.51. The number of carbonyl (C=O) groups is 1. The monoisotopic (exact) mass is 472 g/mol. The van der Waals surface area contributed by atoms with Gasteiger partial charge in [-0.15, -0.1) is 5.10 Å². The molecule has 0 bridgehead atoms. The zero-order chi connectivity index (χ0) is 24.3. The Morgan fingerprint density at radius 2 is 2.03 bits per heavy atom. The largest absolute Gasteiger partial charge is 0.481 e. The van der Waals surface area contributed by atoms with Crippen LogP contribution in [-0.2, 0) is 22.3 Å². The van der Waals surface area contributed by atoms with Crippen LogP contribution in [0, 0.1) is 12.8 Å². The lowest BCUT2D eigenvalue weighted by atomic mass is 9.99. The first-order valence-electron chi connectivity index (χ1n) is 12.1. The first-order chi connectivity index (χ1) is 16.2. The molecule has 186 valence electrons. The molecule has 0 spiro atoms. The number of nitrogens with zero attached hydrogens (tertiary/aromatic N) is 4. The van der Waals surface area contributed by atoms with Crippen molar-refractivity contribution in [1.29, 1.82) is 0 Å². The van der Waals surface area contributed by atoms with Gasteiger partial charge in [0.2, 0.25) is 11.8 Å². The first-order valence-corrected chi connectivity index (χ1v) is 12.1. The van der Waals surface area contributed by atoms with Crippen molar-refractivity contribution in [3.8, 4) is 17.4 Å². The van der Waals surface area contributed by atoms with E-state index in [0.29, 0.717) is 38.1 Å². The molecule has 1 atom stereocenters. The Kier molecular flexibility index (Phi) is 7.30. The van der Waals surface area contributed by atoms with Gasteiger partial charge in [-0.05, 0) is 46.6 Å². The minimum atomic E-state index is -0.498. The number of fused-ring (bicyclic) bond motifs is 1. The predicted octanol–water partition coefficient (Wildman–Crippen LogP) is 3.73. The molecule has 9 nitrogen and oxygen atoms in total. The van der Waals surface area contributed by atoms with Crippen molar-refractivity contribution in [2.24, 2.45) is 5.92 Å². The van der Waals surface area contributed by atoms with E-state index in [2.05, 4.69) is 4.98 Å². The molecule has 9 heteroatoms. The van der Waals surface area contributed by atoms with Crippen molar-refractivity contribution in [3.05, 3.63) is 29.1 Å². The molecule has 4 rings (SSSR count). The number of ether oxygens (including phenoxy) is 4. The number of pyridine rings is 1. The second kappa shape index (κ2) is 10.2. The molecule has 1 unspecified atom stereocenters. The van der Waals surface area contributed by atoms with E-state index in [0.717, 1.165) is 54.7 Å². The number of hydrogen-bond donors (Lipinski definition) is 0. The molecule has 0 aromatic carbocycles. The van der Waals surface area contributed by atoms with Gasteiger partial charge in [-0.1, -0.05) is 0 Å². The van der Waals surface area contributed by atoms with E-state index in [4.69, 9.17) is 24.0 Å². The fraction of sp³-hybridized carbons (Fsp3) is 0.640. The van der Waals surface area contributed by atoms with Crippen LogP contribution in [-0.4, -0.2) is 71.4 Å².